The standard InChI is InChI=1S/C15H19NO2/c1-2-12-4-3-5-13(8-12)9-15(17)16-10-14-6-7-18-11-14/h2-5,8,14H,1,6-7,9-11H2,(H,16,17). The summed E-state index contributed by atoms with van der Waals surface area (Å²) in [6.45, 7) is 6.04. The van der Waals surface area contributed by atoms with Crippen LogP contribution in [0.15, 0.2) is 30.8 Å². The molecule has 0 bridgehead atoms. The van der Waals surface area contributed by atoms with Gasteiger partial charge in [-0.25, -0.2) is 0 Å². The summed E-state index contributed by atoms with van der Waals surface area (Å²) in [7, 11) is 0. The molecule has 96 valence electrons. The Kier molecular flexibility index (Phi) is 4.53. The Morgan fingerprint density at radius 2 is 2.44 bits per heavy atom. The van der Waals surface area contributed by atoms with Crippen LogP contribution in [0.5, 0.6) is 0 Å². The first kappa shape index (κ1) is 12.8. The lowest BCUT2D eigenvalue weighted by Gasteiger charge is -2.09. The Hall–Kier alpha value is -1.61. The van der Waals surface area contributed by atoms with Crippen molar-refractivity contribution in [2.45, 2.75) is 12.8 Å². The van der Waals surface area contributed by atoms with E-state index in [1.54, 1.807) is 6.08 Å². The van der Waals surface area contributed by atoms with Crippen molar-refractivity contribution >= 4 is 12.0 Å². The molecule has 1 aromatic carbocycles. The van der Waals surface area contributed by atoms with Crippen LogP contribution in [0.4, 0.5) is 0 Å². The maximum atomic E-state index is 11.8. The zero-order valence-corrected chi connectivity index (χ0v) is 10.5. The van der Waals surface area contributed by atoms with E-state index in [-0.39, 0.29) is 5.91 Å². The van der Waals surface area contributed by atoms with Gasteiger partial charge in [0.15, 0.2) is 0 Å². The van der Waals surface area contributed by atoms with Crippen molar-refractivity contribution in [3.8, 4) is 0 Å². The Morgan fingerprint density at radius 1 is 1.56 bits per heavy atom. The average molecular weight is 245 g/mol. The quantitative estimate of drug-likeness (QED) is 0.862. The van der Waals surface area contributed by atoms with E-state index < -0.39 is 0 Å². The van der Waals surface area contributed by atoms with Crippen LogP contribution in [0.2, 0.25) is 0 Å². The third kappa shape index (κ3) is 3.70. The maximum Gasteiger partial charge on any atom is 0.224 e. The van der Waals surface area contributed by atoms with Gasteiger partial charge in [0.05, 0.1) is 13.0 Å². The molecule has 1 aliphatic rings. The molecule has 1 unspecified atom stereocenters. The van der Waals surface area contributed by atoms with E-state index in [9.17, 15) is 4.79 Å². The molecule has 3 nitrogen and oxygen atoms in total. The fourth-order valence-electron chi connectivity index (χ4n) is 2.08. The molecule has 1 aliphatic heterocycles. The van der Waals surface area contributed by atoms with Gasteiger partial charge in [0.2, 0.25) is 5.91 Å². The van der Waals surface area contributed by atoms with Crippen LogP contribution in [0.3, 0.4) is 0 Å². The van der Waals surface area contributed by atoms with Crippen LogP contribution in [-0.4, -0.2) is 25.7 Å². The van der Waals surface area contributed by atoms with Crippen LogP contribution in [0, 0.1) is 5.92 Å². The maximum absolute atomic E-state index is 11.8. The molecule has 0 aliphatic carbocycles. The molecule has 1 fully saturated rings. The van der Waals surface area contributed by atoms with Crippen molar-refractivity contribution < 1.29 is 9.53 Å². The van der Waals surface area contributed by atoms with E-state index in [0.717, 1.165) is 37.3 Å². The van der Waals surface area contributed by atoms with Gasteiger partial charge >= 0.3 is 0 Å². The summed E-state index contributed by atoms with van der Waals surface area (Å²) in [4.78, 5) is 11.8. The number of rotatable bonds is 5. The molecule has 1 atom stereocenters. The van der Waals surface area contributed by atoms with Crippen LogP contribution in [-0.2, 0) is 16.0 Å². The zero-order valence-electron chi connectivity index (χ0n) is 10.5. The van der Waals surface area contributed by atoms with Crippen molar-refractivity contribution in [2.75, 3.05) is 19.8 Å². The molecular formula is C15H19NO2. The minimum absolute atomic E-state index is 0.0723. The molecule has 1 amide bonds. The highest BCUT2D eigenvalue weighted by Crippen LogP contribution is 2.11. The first-order valence-corrected chi connectivity index (χ1v) is 6.34. The summed E-state index contributed by atoms with van der Waals surface area (Å²) in [6.07, 6.45) is 3.26. The average Bonchev–Trinajstić information content (AvgIpc) is 2.90. The van der Waals surface area contributed by atoms with Crippen molar-refractivity contribution in [2.24, 2.45) is 5.92 Å². The van der Waals surface area contributed by atoms with E-state index in [0.29, 0.717) is 12.3 Å². The molecule has 1 N–H and O–H groups in total. The SMILES string of the molecule is C=Cc1cccc(CC(=O)NCC2CCOC2)c1. The molecule has 3 heteroatoms. The summed E-state index contributed by atoms with van der Waals surface area (Å²) in [5.41, 5.74) is 2.07. The largest absolute Gasteiger partial charge is 0.381 e. The predicted octanol–water partition coefficient (Wildman–Crippen LogP) is 2.02. The minimum atomic E-state index is 0.0723. The Bertz CT molecular complexity index is 422. The van der Waals surface area contributed by atoms with Crippen LogP contribution >= 0.6 is 0 Å². The molecule has 18 heavy (non-hydrogen) atoms. The third-order valence-corrected chi connectivity index (χ3v) is 3.16. The van der Waals surface area contributed by atoms with E-state index in [1.165, 1.54) is 0 Å². The van der Waals surface area contributed by atoms with E-state index in [4.69, 9.17) is 4.74 Å². The van der Waals surface area contributed by atoms with Gasteiger partial charge in [0, 0.05) is 19.1 Å². The first-order chi connectivity index (χ1) is 8.78. The molecule has 0 spiro atoms. The number of carbonyl (C=O) groups is 1. The summed E-state index contributed by atoms with van der Waals surface area (Å²) in [6, 6.07) is 7.88. The smallest absolute Gasteiger partial charge is 0.224 e. The number of nitrogens with one attached hydrogen (secondary N) is 1. The Labute approximate surface area is 108 Å². The number of amides is 1. The second-order valence-corrected chi connectivity index (χ2v) is 4.66. The molecule has 1 heterocycles. The fourth-order valence-corrected chi connectivity index (χ4v) is 2.08. The van der Waals surface area contributed by atoms with Gasteiger partial charge in [-0.3, -0.25) is 4.79 Å². The summed E-state index contributed by atoms with van der Waals surface area (Å²) >= 11 is 0. The molecule has 0 aromatic heterocycles. The van der Waals surface area contributed by atoms with Crippen molar-refractivity contribution in [1.29, 1.82) is 0 Å². The monoisotopic (exact) mass is 245 g/mol. The summed E-state index contributed by atoms with van der Waals surface area (Å²) in [5.74, 6) is 0.552. The second kappa shape index (κ2) is 6.36. The van der Waals surface area contributed by atoms with Gasteiger partial charge < -0.3 is 10.1 Å². The predicted molar refractivity (Wildman–Crippen MR) is 72.2 cm³/mol. The van der Waals surface area contributed by atoms with Crippen molar-refractivity contribution in [3.05, 3.63) is 42.0 Å². The van der Waals surface area contributed by atoms with Gasteiger partial charge in [-0.2, -0.15) is 0 Å². The van der Waals surface area contributed by atoms with Crippen LogP contribution < -0.4 is 5.32 Å². The molecule has 1 saturated heterocycles. The molecule has 2 rings (SSSR count). The lowest BCUT2D eigenvalue weighted by Crippen LogP contribution is -2.30. The molecule has 0 radical (unpaired) electrons. The lowest BCUT2D eigenvalue weighted by atomic mass is 10.1. The van der Waals surface area contributed by atoms with Gasteiger partial charge in [-0.05, 0) is 17.5 Å². The van der Waals surface area contributed by atoms with Gasteiger partial charge in [0.1, 0.15) is 0 Å². The molecule has 0 saturated carbocycles. The fraction of sp³-hybridized carbons (Fsp3) is 0.400. The van der Waals surface area contributed by atoms with Gasteiger partial charge in [-0.1, -0.05) is 36.9 Å². The summed E-state index contributed by atoms with van der Waals surface area (Å²) < 4.78 is 5.28. The van der Waals surface area contributed by atoms with E-state index in [1.807, 2.05) is 24.3 Å². The number of ether oxygens (including phenoxy) is 1. The van der Waals surface area contributed by atoms with Crippen LogP contribution in [0.1, 0.15) is 17.5 Å². The first-order valence-electron chi connectivity index (χ1n) is 6.34. The normalized spacial score (nSPS) is 18.6. The minimum Gasteiger partial charge on any atom is -0.381 e. The highest BCUT2D eigenvalue weighted by molar-refractivity contribution is 5.78. The van der Waals surface area contributed by atoms with Gasteiger partial charge in [0.25, 0.3) is 0 Å². The number of carbonyl (C=O) groups excluding carboxylic acids is 1. The topological polar surface area (TPSA) is 38.3 Å². The molecular weight excluding hydrogens is 226 g/mol. The van der Waals surface area contributed by atoms with Crippen LogP contribution in [0.25, 0.3) is 6.08 Å². The Morgan fingerprint density at radius 3 is 3.17 bits per heavy atom. The van der Waals surface area contributed by atoms with E-state index in [2.05, 4.69) is 11.9 Å². The highest BCUT2D eigenvalue weighted by atomic mass is 16.5. The number of hydrogen-bond donors (Lipinski definition) is 1. The van der Waals surface area contributed by atoms with Gasteiger partial charge in [-0.15, -0.1) is 0 Å². The summed E-state index contributed by atoms with van der Waals surface area (Å²) in [5, 5.41) is 2.97. The van der Waals surface area contributed by atoms with Crippen molar-refractivity contribution in [1.82, 2.24) is 5.32 Å². The second-order valence-electron chi connectivity index (χ2n) is 4.66. The zero-order chi connectivity index (χ0) is 12.8. The third-order valence-electron chi connectivity index (χ3n) is 3.16. The Balaban J connectivity index is 1.80. The number of hydrogen-bond acceptors (Lipinski definition) is 2. The lowest BCUT2D eigenvalue weighted by molar-refractivity contribution is -0.120. The highest BCUT2D eigenvalue weighted by Gasteiger charge is 2.16. The van der Waals surface area contributed by atoms with Crippen molar-refractivity contribution in [3.63, 3.8) is 0 Å². The molecule has 1 aromatic rings. The number of benzene rings is 1. The van der Waals surface area contributed by atoms with E-state index >= 15 is 0 Å².